The highest BCUT2D eigenvalue weighted by atomic mass is 16.7. The molecule has 1 aliphatic rings. The van der Waals surface area contributed by atoms with Crippen LogP contribution in [0.15, 0.2) is 24.3 Å². The maximum Gasteiger partial charge on any atom is 0.457 e. The van der Waals surface area contributed by atoms with E-state index in [0.29, 0.717) is 5.56 Å². The Morgan fingerprint density at radius 1 is 1.04 bits per heavy atom. The summed E-state index contributed by atoms with van der Waals surface area (Å²) in [6.45, 7) is 8.32. The molecule has 0 saturated carbocycles. The molecule has 0 radical (unpaired) electrons. The lowest BCUT2D eigenvalue weighted by Crippen LogP contribution is -2.41. The van der Waals surface area contributed by atoms with Crippen molar-refractivity contribution < 1.29 is 18.8 Å². The van der Waals surface area contributed by atoms with E-state index in [1.54, 1.807) is 0 Å². The van der Waals surface area contributed by atoms with Crippen LogP contribution in [0, 0.1) is 0 Å². The lowest BCUT2D eigenvalue weighted by Gasteiger charge is -2.32. The summed E-state index contributed by atoms with van der Waals surface area (Å²) in [5, 5.41) is 0. The fraction of sp³-hybridized carbons (Fsp3) is 0.611. The Labute approximate surface area is 139 Å². The molecule has 1 aromatic carbocycles. The van der Waals surface area contributed by atoms with Crippen molar-refractivity contribution in [2.75, 3.05) is 7.11 Å². The fourth-order valence-electron chi connectivity index (χ4n) is 2.65. The Kier molecular flexibility index (Phi) is 5.53. The van der Waals surface area contributed by atoms with Crippen LogP contribution in [0.4, 0.5) is 0 Å². The molecule has 1 fully saturated rings. The van der Waals surface area contributed by atoms with E-state index >= 15 is 0 Å². The van der Waals surface area contributed by atoms with E-state index in [1.165, 1.54) is 12.7 Å². The number of esters is 1. The van der Waals surface area contributed by atoms with Gasteiger partial charge >= 0.3 is 13.1 Å². The molecule has 126 valence electrons. The van der Waals surface area contributed by atoms with Crippen molar-refractivity contribution in [1.29, 1.82) is 0 Å². The van der Waals surface area contributed by atoms with Crippen LogP contribution in [0.1, 0.15) is 56.5 Å². The minimum atomic E-state index is -0.294. The van der Waals surface area contributed by atoms with E-state index in [1.807, 2.05) is 24.3 Å². The zero-order valence-corrected chi connectivity index (χ0v) is 14.8. The zero-order chi connectivity index (χ0) is 17.1. The second kappa shape index (κ2) is 7.06. The van der Waals surface area contributed by atoms with E-state index in [9.17, 15) is 4.79 Å². The number of hydrogen-bond donors (Lipinski definition) is 0. The number of unbranched alkanes of at least 4 members (excludes halogenated alkanes) is 1. The number of benzene rings is 1. The van der Waals surface area contributed by atoms with Crippen LogP contribution in [0.3, 0.4) is 0 Å². The highest BCUT2D eigenvalue weighted by molar-refractivity contribution is 6.45. The van der Waals surface area contributed by atoms with Gasteiger partial charge in [-0.3, -0.25) is 0 Å². The first-order valence-electron chi connectivity index (χ1n) is 8.28. The molecule has 5 heteroatoms. The van der Waals surface area contributed by atoms with Gasteiger partial charge in [-0.2, -0.15) is 0 Å². The third-order valence-electron chi connectivity index (χ3n) is 4.83. The SMILES string of the molecule is COC(=O)c1ccc(CCCCB2OC(C)(C)C(C)(C)O2)cc1. The van der Waals surface area contributed by atoms with Gasteiger partial charge in [0.2, 0.25) is 0 Å². The van der Waals surface area contributed by atoms with Gasteiger partial charge in [0.25, 0.3) is 0 Å². The molecule has 4 nitrogen and oxygen atoms in total. The molecule has 0 N–H and O–H groups in total. The molecular formula is C18H27BO4. The van der Waals surface area contributed by atoms with Gasteiger partial charge in [0.05, 0.1) is 23.9 Å². The zero-order valence-electron chi connectivity index (χ0n) is 14.8. The van der Waals surface area contributed by atoms with Crippen LogP contribution >= 0.6 is 0 Å². The van der Waals surface area contributed by atoms with Gasteiger partial charge in [-0.1, -0.05) is 18.6 Å². The molecular weight excluding hydrogens is 291 g/mol. The molecule has 1 heterocycles. The summed E-state index contributed by atoms with van der Waals surface area (Å²) in [5.74, 6) is -0.294. The molecule has 0 bridgehead atoms. The highest BCUT2D eigenvalue weighted by Crippen LogP contribution is 2.38. The summed E-state index contributed by atoms with van der Waals surface area (Å²) < 4.78 is 16.7. The van der Waals surface area contributed by atoms with Gasteiger partial charge in [0.1, 0.15) is 0 Å². The van der Waals surface area contributed by atoms with Crippen LogP contribution in [0.5, 0.6) is 0 Å². The van der Waals surface area contributed by atoms with Gasteiger partial charge in [0, 0.05) is 0 Å². The predicted molar refractivity (Wildman–Crippen MR) is 91.6 cm³/mol. The molecule has 1 aliphatic heterocycles. The fourth-order valence-corrected chi connectivity index (χ4v) is 2.65. The van der Waals surface area contributed by atoms with Crippen LogP contribution in [0.25, 0.3) is 0 Å². The summed E-state index contributed by atoms with van der Waals surface area (Å²) in [6.07, 6.45) is 4.02. The minimum absolute atomic E-state index is 0.110. The van der Waals surface area contributed by atoms with Gasteiger partial charge in [-0.25, -0.2) is 4.79 Å². The summed E-state index contributed by atoms with van der Waals surface area (Å²) in [6, 6.07) is 7.60. The quantitative estimate of drug-likeness (QED) is 0.453. The Morgan fingerprint density at radius 3 is 2.13 bits per heavy atom. The number of carbonyl (C=O) groups excluding carboxylic acids is 1. The van der Waals surface area contributed by atoms with Crippen molar-refractivity contribution in [1.82, 2.24) is 0 Å². The number of ether oxygens (including phenoxy) is 1. The first-order chi connectivity index (χ1) is 10.7. The number of aryl methyl sites for hydroxylation is 1. The van der Waals surface area contributed by atoms with Crippen molar-refractivity contribution in [2.45, 2.75) is 64.5 Å². The van der Waals surface area contributed by atoms with Gasteiger partial charge < -0.3 is 14.0 Å². The van der Waals surface area contributed by atoms with E-state index in [2.05, 4.69) is 27.7 Å². The van der Waals surface area contributed by atoms with E-state index in [0.717, 1.165) is 25.6 Å². The van der Waals surface area contributed by atoms with Crippen molar-refractivity contribution >= 4 is 13.1 Å². The Bertz CT molecular complexity index is 520. The van der Waals surface area contributed by atoms with Gasteiger partial charge in [-0.15, -0.1) is 0 Å². The first-order valence-corrected chi connectivity index (χ1v) is 8.28. The molecule has 0 atom stereocenters. The van der Waals surface area contributed by atoms with Crippen molar-refractivity contribution in [3.8, 4) is 0 Å². The Morgan fingerprint density at radius 2 is 1.61 bits per heavy atom. The maximum atomic E-state index is 11.4. The van der Waals surface area contributed by atoms with E-state index in [4.69, 9.17) is 14.0 Å². The number of carbonyl (C=O) groups is 1. The molecule has 1 aromatic rings. The smallest absolute Gasteiger partial charge is 0.457 e. The summed E-state index contributed by atoms with van der Waals surface area (Å²) in [5.41, 5.74) is 1.32. The number of rotatable bonds is 6. The third-order valence-corrected chi connectivity index (χ3v) is 4.83. The second-order valence-corrected chi connectivity index (χ2v) is 7.12. The molecule has 1 saturated heterocycles. The molecule has 2 rings (SSSR count). The summed E-state index contributed by atoms with van der Waals surface area (Å²) in [7, 11) is 1.29. The van der Waals surface area contributed by atoms with Crippen LogP contribution < -0.4 is 0 Å². The lowest BCUT2D eigenvalue weighted by molar-refractivity contribution is 0.00578. The van der Waals surface area contributed by atoms with E-state index in [-0.39, 0.29) is 24.3 Å². The summed E-state index contributed by atoms with van der Waals surface area (Å²) in [4.78, 5) is 11.4. The van der Waals surface area contributed by atoms with Crippen LogP contribution in [-0.2, 0) is 20.5 Å². The van der Waals surface area contributed by atoms with Crippen molar-refractivity contribution in [2.24, 2.45) is 0 Å². The molecule has 23 heavy (non-hydrogen) atoms. The monoisotopic (exact) mass is 318 g/mol. The van der Waals surface area contributed by atoms with Gasteiger partial charge in [-0.05, 0) is 64.6 Å². The van der Waals surface area contributed by atoms with Crippen LogP contribution in [-0.4, -0.2) is 31.4 Å². The van der Waals surface area contributed by atoms with Crippen molar-refractivity contribution in [3.63, 3.8) is 0 Å². The largest absolute Gasteiger partial charge is 0.465 e. The topological polar surface area (TPSA) is 44.8 Å². The average Bonchev–Trinajstić information content (AvgIpc) is 2.71. The van der Waals surface area contributed by atoms with E-state index < -0.39 is 0 Å². The standard InChI is InChI=1S/C18H27BO4/c1-17(2)18(3,4)23-19(22-17)13-7-6-8-14-9-11-15(12-10-14)16(20)21-5/h9-12H,6-8,13H2,1-5H3. The number of methoxy groups -OCH3 is 1. The van der Waals surface area contributed by atoms with Crippen molar-refractivity contribution in [3.05, 3.63) is 35.4 Å². The molecule has 0 spiro atoms. The Balaban J connectivity index is 1.73. The van der Waals surface area contributed by atoms with Crippen LogP contribution in [0.2, 0.25) is 6.32 Å². The minimum Gasteiger partial charge on any atom is -0.465 e. The summed E-state index contributed by atoms with van der Waals surface area (Å²) >= 11 is 0. The first kappa shape index (κ1) is 18.0. The predicted octanol–water partition coefficient (Wildman–Crippen LogP) is 3.89. The lowest BCUT2D eigenvalue weighted by atomic mass is 9.82. The highest BCUT2D eigenvalue weighted by Gasteiger charge is 2.50. The average molecular weight is 318 g/mol. The Hall–Kier alpha value is -1.33. The maximum absolute atomic E-state index is 11.4. The molecule has 0 aromatic heterocycles. The third kappa shape index (κ3) is 4.36. The molecule has 0 unspecified atom stereocenters. The number of hydrogen-bond acceptors (Lipinski definition) is 4. The second-order valence-electron chi connectivity index (χ2n) is 7.12. The molecule has 0 aliphatic carbocycles. The molecule has 0 amide bonds. The van der Waals surface area contributed by atoms with Gasteiger partial charge in [0.15, 0.2) is 0 Å². The normalized spacial score (nSPS) is 18.9.